The van der Waals surface area contributed by atoms with Crippen LogP contribution < -0.4 is 4.74 Å². The molecule has 1 saturated carbocycles. The Hall–Kier alpha value is -1.09. The molecular formula is C15H20O2S. The third kappa shape index (κ3) is 3.70. The van der Waals surface area contributed by atoms with Crippen LogP contribution in [0.5, 0.6) is 5.75 Å². The van der Waals surface area contributed by atoms with Gasteiger partial charge in [-0.2, -0.15) is 0 Å². The number of hydrogen-bond acceptors (Lipinski definition) is 2. The maximum atomic E-state index is 11.6. The van der Waals surface area contributed by atoms with E-state index in [-0.39, 0.29) is 0 Å². The van der Waals surface area contributed by atoms with Gasteiger partial charge in [0.1, 0.15) is 5.75 Å². The van der Waals surface area contributed by atoms with Gasteiger partial charge in [-0.05, 0) is 37.0 Å². The Bertz CT molecular complexity index is 422. The predicted octanol–water partition coefficient (Wildman–Crippen LogP) is 3.90. The predicted molar refractivity (Wildman–Crippen MR) is 75.1 cm³/mol. The Balaban J connectivity index is 1.92. The minimum absolute atomic E-state index is 0.687. The zero-order valence-corrected chi connectivity index (χ0v) is 11.5. The summed E-state index contributed by atoms with van der Waals surface area (Å²) in [5, 5.41) is 1.44. The third-order valence-corrected chi connectivity index (χ3v) is 4.42. The molecule has 1 aliphatic carbocycles. The van der Waals surface area contributed by atoms with Crippen molar-refractivity contribution in [1.82, 2.24) is 0 Å². The highest BCUT2D eigenvalue weighted by molar-refractivity contribution is 7.88. The van der Waals surface area contributed by atoms with Crippen LogP contribution in [0.3, 0.4) is 0 Å². The fourth-order valence-corrected chi connectivity index (χ4v) is 2.99. The van der Waals surface area contributed by atoms with E-state index in [4.69, 9.17) is 4.74 Å². The van der Waals surface area contributed by atoms with Crippen molar-refractivity contribution >= 4 is 10.8 Å². The second-order valence-corrected chi connectivity index (χ2v) is 6.15. The summed E-state index contributed by atoms with van der Waals surface area (Å²) in [5.74, 6) is 1.50. The normalized spacial score (nSPS) is 18.2. The van der Waals surface area contributed by atoms with Crippen molar-refractivity contribution in [1.29, 1.82) is 0 Å². The lowest BCUT2D eigenvalue weighted by molar-refractivity contribution is 0.208. The van der Waals surface area contributed by atoms with Crippen molar-refractivity contribution in [2.75, 3.05) is 6.61 Å². The summed E-state index contributed by atoms with van der Waals surface area (Å²) in [6.07, 6.45) is 6.57. The van der Waals surface area contributed by atoms with E-state index >= 15 is 0 Å². The van der Waals surface area contributed by atoms with Gasteiger partial charge < -0.3 is 4.74 Å². The van der Waals surface area contributed by atoms with Crippen LogP contribution in [-0.4, -0.2) is 10.8 Å². The van der Waals surface area contributed by atoms with Gasteiger partial charge in [0.25, 0.3) is 0 Å². The van der Waals surface area contributed by atoms with Gasteiger partial charge >= 0.3 is 0 Å². The van der Waals surface area contributed by atoms with E-state index in [1.165, 1.54) is 37.5 Å². The molecule has 98 valence electrons. The highest BCUT2D eigenvalue weighted by Gasteiger charge is 2.14. The average molecular weight is 264 g/mol. The topological polar surface area (TPSA) is 26.3 Å². The van der Waals surface area contributed by atoms with Gasteiger partial charge in [-0.3, -0.25) is 0 Å². The second kappa shape index (κ2) is 6.74. The monoisotopic (exact) mass is 264 g/mol. The molecule has 3 heteroatoms. The fraction of sp³-hybridized carbons (Fsp3) is 0.467. The van der Waals surface area contributed by atoms with E-state index in [9.17, 15) is 4.21 Å². The number of hydrogen-bond donors (Lipinski definition) is 0. The third-order valence-electron chi connectivity index (χ3n) is 3.40. The molecule has 0 amide bonds. The fourth-order valence-electron chi connectivity index (χ4n) is 2.35. The standard InChI is InChI=1S/C15H20O2S/c1-2-18(16)15-10-6-9-14(11-15)17-12-13-7-4-3-5-8-13/h2,6,9-11,13H,1,3-5,7-8,12H2. The summed E-state index contributed by atoms with van der Waals surface area (Å²) in [5.41, 5.74) is 0. The molecular weight excluding hydrogens is 244 g/mol. The van der Waals surface area contributed by atoms with Crippen LogP contribution in [-0.2, 0) is 10.8 Å². The SMILES string of the molecule is C=CS(=O)c1cccc(OCC2CCCCC2)c1. The molecule has 0 heterocycles. The largest absolute Gasteiger partial charge is 0.493 e. The molecule has 1 unspecified atom stereocenters. The Morgan fingerprint density at radius 2 is 2.11 bits per heavy atom. The molecule has 0 saturated heterocycles. The summed E-state index contributed by atoms with van der Waals surface area (Å²) < 4.78 is 17.4. The Morgan fingerprint density at radius 1 is 1.33 bits per heavy atom. The quantitative estimate of drug-likeness (QED) is 0.806. The summed E-state index contributed by atoms with van der Waals surface area (Å²) in [6.45, 7) is 4.33. The highest BCUT2D eigenvalue weighted by Crippen LogP contribution is 2.25. The molecule has 1 aromatic rings. The molecule has 0 aliphatic heterocycles. The van der Waals surface area contributed by atoms with Crippen molar-refractivity contribution in [3.05, 3.63) is 36.3 Å². The first-order valence-corrected chi connectivity index (χ1v) is 7.77. The Labute approximate surface area is 112 Å². The van der Waals surface area contributed by atoms with Crippen molar-refractivity contribution in [3.63, 3.8) is 0 Å². The van der Waals surface area contributed by atoms with E-state index in [1.807, 2.05) is 24.3 Å². The Kier molecular flexibility index (Phi) is 5.00. The van der Waals surface area contributed by atoms with Crippen molar-refractivity contribution in [2.24, 2.45) is 5.92 Å². The lowest BCUT2D eigenvalue weighted by atomic mass is 9.90. The molecule has 1 aliphatic rings. The molecule has 0 aromatic heterocycles. The maximum absolute atomic E-state index is 11.6. The van der Waals surface area contributed by atoms with Crippen molar-refractivity contribution in [3.8, 4) is 5.75 Å². The van der Waals surface area contributed by atoms with Gasteiger partial charge in [0.15, 0.2) is 0 Å². The van der Waals surface area contributed by atoms with Crippen LogP contribution >= 0.6 is 0 Å². The smallest absolute Gasteiger partial charge is 0.120 e. The zero-order chi connectivity index (χ0) is 12.8. The summed E-state index contributed by atoms with van der Waals surface area (Å²) in [4.78, 5) is 0.756. The molecule has 0 spiro atoms. The first-order chi connectivity index (χ1) is 8.79. The van der Waals surface area contributed by atoms with Gasteiger partial charge in [-0.15, -0.1) is 0 Å². The van der Waals surface area contributed by atoms with E-state index in [1.54, 1.807) is 0 Å². The summed E-state index contributed by atoms with van der Waals surface area (Å²) in [6, 6.07) is 7.49. The van der Waals surface area contributed by atoms with E-state index in [0.29, 0.717) is 5.92 Å². The van der Waals surface area contributed by atoms with E-state index < -0.39 is 10.8 Å². The van der Waals surface area contributed by atoms with E-state index in [0.717, 1.165) is 17.3 Å². The molecule has 2 nitrogen and oxygen atoms in total. The van der Waals surface area contributed by atoms with Gasteiger partial charge in [0, 0.05) is 10.3 Å². The van der Waals surface area contributed by atoms with Crippen LogP contribution in [0.25, 0.3) is 0 Å². The average Bonchev–Trinajstić information content (AvgIpc) is 2.45. The van der Waals surface area contributed by atoms with Gasteiger partial charge in [-0.1, -0.05) is 31.9 Å². The minimum Gasteiger partial charge on any atom is -0.493 e. The maximum Gasteiger partial charge on any atom is 0.120 e. The lowest BCUT2D eigenvalue weighted by Crippen LogP contribution is -2.15. The van der Waals surface area contributed by atoms with Crippen LogP contribution in [0.1, 0.15) is 32.1 Å². The summed E-state index contributed by atoms with van der Waals surface area (Å²) in [7, 11) is -1.13. The van der Waals surface area contributed by atoms with Crippen LogP contribution in [0.2, 0.25) is 0 Å². The highest BCUT2D eigenvalue weighted by atomic mass is 32.2. The van der Waals surface area contributed by atoms with Crippen LogP contribution in [0.15, 0.2) is 41.1 Å². The van der Waals surface area contributed by atoms with Crippen LogP contribution in [0, 0.1) is 5.92 Å². The first kappa shape index (κ1) is 13.3. The van der Waals surface area contributed by atoms with Crippen molar-refractivity contribution < 1.29 is 8.95 Å². The van der Waals surface area contributed by atoms with Crippen molar-refractivity contribution in [2.45, 2.75) is 37.0 Å². The van der Waals surface area contributed by atoms with Gasteiger partial charge in [0.2, 0.25) is 0 Å². The second-order valence-electron chi connectivity index (χ2n) is 4.75. The number of ether oxygens (including phenoxy) is 1. The molecule has 18 heavy (non-hydrogen) atoms. The molecule has 0 bridgehead atoms. The summed E-state index contributed by atoms with van der Waals surface area (Å²) >= 11 is 0. The lowest BCUT2D eigenvalue weighted by Gasteiger charge is -2.21. The molecule has 1 aromatic carbocycles. The van der Waals surface area contributed by atoms with Crippen LogP contribution in [0.4, 0.5) is 0 Å². The first-order valence-electron chi connectivity index (χ1n) is 6.55. The molecule has 2 rings (SSSR count). The Morgan fingerprint density at radius 3 is 2.83 bits per heavy atom. The van der Waals surface area contributed by atoms with E-state index in [2.05, 4.69) is 6.58 Å². The molecule has 1 atom stereocenters. The molecule has 1 fully saturated rings. The minimum atomic E-state index is -1.13. The molecule has 0 radical (unpaired) electrons. The molecule has 0 N–H and O–H groups in total. The zero-order valence-electron chi connectivity index (χ0n) is 10.6. The number of rotatable bonds is 5. The number of benzene rings is 1. The van der Waals surface area contributed by atoms with Gasteiger partial charge in [-0.25, -0.2) is 4.21 Å². The van der Waals surface area contributed by atoms with Gasteiger partial charge in [0.05, 0.1) is 17.4 Å².